The van der Waals surface area contributed by atoms with Crippen molar-refractivity contribution in [3.8, 4) is 6.26 Å². The fourth-order valence-electron chi connectivity index (χ4n) is 1.16. The van der Waals surface area contributed by atoms with Crippen LogP contribution in [0.25, 0.3) is 0 Å². The third-order valence-corrected chi connectivity index (χ3v) is 1.79. The quantitative estimate of drug-likeness (QED) is 0.668. The fourth-order valence-corrected chi connectivity index (χ4v) is 1.16. The number of hydrogen-bond acceptors (Lipinski definition) is 2. The first-order valence-corrected chi connectivity index (χ1v) is 4.08. The predicted octanol–water partition coefficient (Wildman–Crippen LogP) is 2.77. The van der Waals surface area contributed by atoms with Gasteiger partial charge in [0.25, 0.3) is 6.26 Å². The maximum absolute atomic E-state index is 12.8. The lowest BCUT2D eigenvalue weighted by atomic mass is 10.1. The highest BCUT2D eigenvalue weighted by Crippen LogP contribution is 2.20. The Kier molecular flexibility index (Phi) is 3.27. The van der Waals surface area contributed by atoms with Crippen LogP contribution in [0.1, 0.15) is 25.0 Å². The topological polar surface area (TPSA) is 33.0 Å². The molecule has 0 saturated heterocycles. The fraction of sp³-hybridized carbons (Fsp3) is 0.300. The van der Waals surface area contributed by atoms with Crippen LogP contribution in [-0.2, 0) is 4.74 Å². The lowest BCUT2D eigenvalue weighted by Crippen LogP contribution is -1.99. The van der Waals surface area contributed by atoms with Crippen LogP contribution in [0.2, 0.25) is 0 Å². The number of nitrogens with zero attached hydrogens (tertiary/aromatic N) is 1. The Morgan fingerprint density at radius 3 is 2.92 bits per heavy atom. The van der Waals surface area contributed by atoms with Gasteiger partial charge in [0.15, 0.2) is 0 Å². The van der Waals surface area contributed by atoms with Crippen molar-refractivity contribution in [1.82, 2.24) is 0 Å². The van der Waals surface area contributed by atoms with E-state index in [4.69, 9.17) is 10.00 Å². The molecule has 0 aromatic heterocycles. The number of hydrogen-bond donors (Lipinski definition) is 0. The molecule has 2 nitrogen and oxygen atoms in total. The van der Waals surface area contributed by atoms with Crippen molar-refractivity contribution >= 4 is 0 Å². The SMILES string of the molecule is CC[C@@H](OC#N)c1cccc(F)c1. The minimum atomic E-state index is -0.333. The molecule has 3 heteroatoms. The van der Waals surface area contributed by atoms with Crippen molar-refractivity contribution in [3.63, 3.8) is 0 Å². The molecule has 0 radical (unpaired) electrons. The minimum absolute atomic E-state index is 0.308. The van der Waals surface area contributed by atoms with Crippen LogP contribution in [0, 0.1) is 17.3 Å². The largest absolute Gasteiger partial charge is 0.419 e. The van der Waals surface area contributed by atoms with E-state index in [0.29, 0.717) is 12.0 Å². The second kappa shape index (κ2) is 4.46. The monoisotopic (exact) mass is 179 g/mol. The second-order valence-corrected chi connectivity index (χ2v) is 2.66. The van der Waals surface area contributed by atoms with E-state index in [9.17, 15) is 4.39 Å². The lowest BCUT2D eigenvalue weighted by molar-refractivity contribution is 0.159. The van der Waals surface area contributed by atoms with Crippen LogP contribution >= 0.6 is 0 Å². The van der Waals surface area contributed by atoms with E-state index in [0.717, 1.165) is 0 Å². The summed E-state index contributed by atoms with van der Waals surface area (Å²) in [5, 5.41) is 8.33. The highest BCUT2D eigenvalue weighted by atomic mass is 19.1. The second-order valence-electron chi connectivity index (χ2n) is 2.66. The molecule has 0 aliphatic heterocycles. The van der Waals surface area contributed by atoms with Gasteiger partial charge in [-0.25, -0.2) is 4.39 Å². The van der Waals surface area contributed by atoms with Crippen LogP contribution in [0.4, 0.5) is 4.39 Å². The first kappa shape index (κ1) is 9.53. The van der Waals surface area contributed by atoms with Gasteiger partial charge in [0.05, 0.1) is 0 Å². The van der Waals surface area contributed by atoms with Crippen LogP contribution in [-0.4, -0.2) is 0 Å². The van der Waals surface area contributed by atoms with Crippen molar-refractivity contribution in [1.29, 1.82) is 5.26 Å². The third-order valence-electron chi connectivity index (χ3n) is 1.79. The molecule has 13 heavy (non-hydrogen) atoms. The normalized spacial score (nSPS) is 11.8. The minimum Gasteiger partial charge on any atom is -0.419 e. The van der Waals surface area contributed by atoms with E-state index < -0.39 is 0 Å². The zero-order valence-electron chi connectivity index (χ0n) is 7.33. The van der Waals surface area contributed by atoms with Gasteiger partial charge in [-0.3, -0.25) is 0 Å². The summed E-state index contributed by atoms with van der Waals surface area (Å²) in [6.07, 6.45) is 1.93. The van der Waals surface area contributed by atoms with Crippen LogP contribution in [0.3, 0.4) is 0 Å². The maximum Gasteiger partial charge on any atom is 0.286 e. The Morgan fingerprint density at radius 1 is 1.62 bits per heavy atom. The highest BCUT2D eigenvalue weighted by Gasteiger charge is 2.10. The van der Waals surface area contributed by atoms with Crippen LogP contribution in [0.5, 0.6) is 0 Å². The maximum atomic E-state index is 12.8. The van der Waals surface area contributed by atoms with Gasteiger partial charge in [0.1, 0.15) is 11.9 Å². The van der Waals surface area contributed by atoms with Gasteiger partial charge in [0, 0.05) is 0 Å². The molecular formula is C10H10FNO. The summed E-state index contributed by atoms with van der Waals surface area (Å²) >= 11 is 0. The Bertz CT molecular complexity index is 319. The average Bonchev–Trinajstić information content (AvgIpc) is 2.14. The molecule has 0 spiro atoms. The zero-order valence-corrected chi connectivity index (χ0v) is 7.33. The van der Waals surface area contributed by atoms with Crippen molar-refractivity contribution in [2.24, 2.45) is 0 Å². The Labute approximate surface area is 76.6 Å². The summed E-state index contributed by atoms with van der Waals surface area (Å²) in [5.41, 5.74) is 0.698. The summed E-state index contributed by atoms with van der Waals surface area (Å²) in [4.78, 5) is 0. The average molecular weight is 179 g/mol. The van der Waals surface area contributed by atoms with E-state index >= 15 is 0 Å². The molecule has 68 valence electrons. The molecule has 0 unspecified atom stereocenters. The summed E-state index contributed by atoms with van der Waals surface area (Å²) in [6, 6.07) is 6.09. The number of benzene rings is 1. The van der Waals surface area contributed by atoms with Gasteiger partial charge in [-0.1, -0.05) is 19.1 Å². The molecule has 0 aliphatic carbocycles. The predicted molar refractivity (Wildman–Crippen MR) is 46.1 cm³/mol. The van der Waals surface area contributed by atoms with E-state index in [1.807, 2.05) is 6.92 Å². The van der Waals surface area contributed by atoms with Crippen LogP contribution < -0.4 is 0 Å². The van der Waals surface area contributed by atoms with Crippen molar-refractivity contribution in [2.75, 3.05) is 0 Å². The van der Waals surface area contributed by atoms with E-state index in [2.05, 4.69) is 0 Å². The highest BCUT2D eigenvalue weighted by molar-refractivity contribution is 5.19. The molecule has 1 aromatic carbocycles. The van der Waals surface area contributed by atoms with Gasteiger partial charge in [-0.05, 0) is 24.1 Å². The molecule has 0 N–H and O–H groups in total. The Morgan fingerprint density at radius 2 is 2.38 bits per heavy atom. The van der Waals surface area contributed by atoms with Gasteiger partial charge in [-0.15, -0.1) is 0 Å². The van der Waals surface area contributed by atoms with Gasteiger partial charge >= 0.3 is 0 Å². The molecule has 0 bridgehead atoms. The molecule has 0 amide bonds. The molecule has 0 heterocycles. The van der Waals surface area contributed by atoms with Crippen molar-refractivity contribution in [2.45, 2.75) is 19.4 Å². The van der Waals surface area contributed by atoms with Gasteiger partial charge < -0.3 is 4.74 Å². The molecular weight excluding hydrogens is 169 g/mol. The standard InChI is InChI=1S/C10H10FNO/c1-2-10(13-7-12)8-4-3-5-9(11)6-8/h3-6,10H,2H2,1H3/t10-/m1/s1. The molecule has 0 aliphatic rings. The first-order valence-electron chi connectivity index (χ1n) is 4.08. The molecule has 1 aromatic rings. The lowest BCUT2D eigenvalue weighted by Gasteiger charge is -2.11. The summed E-state index contributed by atoms with van der Waals surface area (Å²) in [5.74, 6) is -0.308. The molecule has 0 saturated carbocycles. The smallest absolute Gasteiger partial charge is 0.286 e. The number of halogens is 1. The summed E-state index contributed by atoms with van der Waals surface area (Å²) < 4.78 is 17.5. The van der Waals surface area contributed by atoms with Crippen molar-refractivity contribution in [3.05, 3.63) is 35.6 Å². The van der Waals surface area contributed by atoms with Gasteiger partial charge in [0.2, 0.25) is 0 Å². The third kappa shape index (κ3) is 2.45. The Hall–Kier alpha value is -1.56. The molecule has 0 fully saturated rings. The zero-order chi connectivity index (χ0) is 9.68. The van der Waals surface area contributed by atoms with Gasteiger partial charge in [-0.2, -0.15) is 5.26 Å². The van der Waals surface area contributed by atoms with Crippen LogP contribution in [0.15, 0.2) is 24.3 Å². The van der Waals surface area contributed by atoms with Crippen molar-refractivity contribution < 1.29 is 9.13 Å². The number of nitriles is 1. The number of rotatable bonds is 3. The van der Waals surface area contributed by atoms with E-state index in [-0.39, 0.29) is 11.9 Å². The number of ether oxygens (including phenoxy) is 1. The summed E-state index contributed by atoms with van der Waals surface area (Å²) in [6.45, 7) is 1.88. The molecule has 1 rings (SSSR count). The first-order chi connectivity index (χ1) is 6.27. The molecule has 1 atom stereocenters. The van der Waals surface area contributed by atoms with E-state index in [1.54, 1.807) is 18.4 Å². The summed E-state index contributed by atoms with van der Waals surface area (Å²) in [7, 11) is 0. The Balaban J connectivity index is 2.86. The van der Waals surface area contributed by atoms with E-state index in [1.165, 1.54) is 12.1 Å².